The Hall–Kier alpha value is -1.46. The van der Waals surface area contributed by atoms with E-state index in [1.165, 1.54) is 0 Å². The number of piperidine rings is 1. The Labute approximate surface area is 145 Å². The third-order valence-corrected chi connectivity index (χ3v) is 5.11. The van der Waals surface area contributed by atoms with Gasteiger partial charge in [0.15, 0.2) is 0 Å². The molecule has 122 valence electrons. The van der Waals surface area contributed by atoms with Crippen LogP contribution in [-0.4, -0.2) is 34.9 Å². The zero-order valence-corrected chi connectivity index (χ0v) is 15.1. The molecule has 4 nitrogen and oxygen atoms in total. The second kappa shape index (κ2) is 6.57. The van der Waals surface area contributed by atoms with E-state index < -0.39 is 0 Å². The van der Waals surface area contributed by atoms with Gasteiger partial charge in [-0.1, -0.05) is 22.0 Å². The summed E-state index contributed by atoms with van der Waals surface area (Å²) < 4.78 is 0.969. The highest BCUT2D eigenvalue weighted by Crippen LogP contribution is 2.26. The van der Waals surface area contributed by atoms with Crippen LogP contribution in [0.4, 0.5) is 0 Å². The van der Waals surface area contributed by atoms with Crippen molar-refractivity contribution >= 4 is 32.7 Å². The first kappa shape index (κ1) is 16.4. The maximum Gasteiger partial charge on any atom is 0.254 e. The average molecular weight is 376 g/mol. The predicted octanol–water partition coefficient (Wildman–Crippen LogP) is 3.51. The lowest BCUT2D eigenvalue weighted by Gasteiger charge is -2.35. The molecule has 1 aliphatic rings. The second-order valence-corrected chi connectivity index (χ2v) is 7.40. The van der Waals surface area contributed by atoms with E-state index in [2.05, 4.69) is 20.9 Å². The van der Waals surface area contributed by atoms with Crippen LogP contribution in [0.25, 0.3) is 10.9 Å². The van der Waals surface area contributed by atoms with Gasteiger partial charge in [-0.05, 0) is 50.8 Å². The van der Waals surface area contributed by atoms with Crippen molar-refractivity contribution in [2.24, 2.45) is 11.7 Å². The van der Waals surface area contributed by atoms with Gasteiger partial charge in [-0.25, -0.2) is 0 Å². The molecule has 2 N–H and O–H groups in total. The van der Waals surface area contributed by atoms with Crippen LogP contribution in [0.2, 0.25) is 0 Å². The molecule has 2 aromatic rings. The van der Waals surface area contributed by atoms with Gasteiger partial charge in [-0.2, -0.15) is 0 Å². The Morgan fingerprint density at radius 3 is 2.96 bits per heavy atom. The highest BCUT2D eigenvalue weighted by Gasteiger charge is 2.27. The number of halogens is 1. The zero-order valence-electron chi connectivity index (χ0n) is 13.6. The molecule has 0 bridgehead atoms. The number of pyridine rings is 1. The minimum atomic E-state index is 0.0909. The highest BCUT2D eigenvalue weighted by atomic mass is 79.9. The molecule has 0 saturated carbocycles. The maximum atomic E-state index is 13.1. The number of amides is 1. The standard InChI is InChI=1S/C18H22BrN3O/c1-11-8-16(15-6-5-14(19)9-17(15)21-11)18(23)22-7-3-4-13(10-22)12(2)20/h5-6,8-9,12-13H,3-4,7,10,20H2,1-2H3/t12-,13-/m1/s1. The Morgan fingerprint density at radius 2 is 2.22 bits per heavy atom. The third kappa shape index (κ3) is 3.40. The SMILES string of the molecule is Cc1cc(C(=O)N2CCC[C@@H]([C@@H](C)N)C2)c2ccc(Br)cc2n1. The summed E-state index contributed by atoms with van der Waals surface area (Å²) in [5.41, 5.74) is 8.50. The Balaban J connectivity index is 1.97. The van der Waals surface area contributed by atoms with E-state index in [0.717, 1.165) is 52.6 Å². The van der Waals surface area contributed by atoms with Gasteiger partial charge in [0, 0.05) is 34.7 Å². The van der Waals surface area contributed by atoms with Gasteiger partial charge in [0.25, 0.3) is 5.91 Å². The van der Waals surface area contributed by atoms with Crippen LogP contribution in [0.5, 0.6) is 0 Å². The van der Waals surface area contributed by atoms with Crippen molar-refractivity contribution in [2.45, 2.75) is 32.7 Å². The van der Waals surface area contributed by atoms with Crippen LogP contribution in [-0.2, 0) is 0 Å². The molecule has 0 aliphatic carbocycles. The number of hydrogen-bond acceptors (Lipinski definition) is 3. The largest absolute Gasteiger partial charge is 0.338 e. The Bertz CT molecular complexity index is 739. The highest BCUT2D eigenvalue weighted by molar-refractivity contribution is 9.10. The number of likely N-dealkylation sites (tertiary alicyclic amines) is 1. The molecule has 1 aliphatic heterocycles. The molecule has 1 amide bonds. The number of hydrogen-bond donors (Lipinski definition) is 1. The Morgan fingerprint density at radius 1 is 1.43 bits per heavy atom. The van der Waals surface area contributed by atoms with Crippen molar-refractivity contribution in [3.63, 3.8) is 0 Å². The summed E-state index contributed by atoms with van der Waals surface area (Å²) >= 11 is 3.47. The molecule has 1 saturated heterocycles. The lowest BCUT2D eigenvalue weighted by Crippen LogP contribution is -2.45. The Kier molecular flexibility index (Phi) is 4.69. The van der Waals surface area contributed by atoms with Crippen LogP contribution in [0.1, 0.15) is 35.8 Å². The minimum Gasteiger partial charge on any atom is -0.338 e. The molecule has 0 spiro atoms. The monoisotopic (exact) mass is 375 g/mol. The third-order valence-electron chi connectivity index (χ3n) is 4.62. The second-order valence-electron chi connectivity index (χ2n) is 6.49. The summed E-state index contributed by atoms with van der Waals surface area (Å²) in [6.07, 6.45) is 2.12. The summed E-state index contributed by atoms with van der Waals surface area (Å²) in [5, 5.41) is 0.909. The molecular formula is C18H22BrN3O. The molecule has 5 heteroatoms. The number of carbonyl (C=O) groups excluding carboxylic acids is 1. The fourth-order valence-corrected chi connectivity index (χ4v) is 3.65. The number of carbonyl (C=O) groups is 1. The summed E-state index contributed by atoms with van der Waals surface area (Å²) in [6, 6.07) is 7.90. The van der Waals surface area contributed by atoms with Crippen LogP contribution in [0.3, 0.4) is 0 Å². The smallest absolute Gasteiger partial charge is 0.254 e. The van der Waals surface area contributed by atoms with E-state index in [-0.39, 0.29) is 11.9 Å². The fraction of sp³-hybridized carbons (Fsp3) is 0.444. The summed E-state index contributed by atoms with van der Waals surface area (Å²) in [5.74, 6) is 0.476. The number of aryl methyl sites for hydroxylation is 1. The van der Waals surface area contributed by atoms with E-state index in [1.807, 2.05) is 43.0 Å². The van der Waals surface area contributed by atoms with Crippen molar-refractivity contribution in [3.05, 3.63) is 40.0 Å². The number of nitrogens with two attached hydrogens (primary N) is 1. The lowest BCUT2D eigenvalue weighted by molar-refractivity contribution is 0.0663. The molecular weight excluding hydrogens is 354 g/mol. The molecule has 2 heterocycles. The normalized spacial score (nSPS) is 19.8. The maximum absolute atomic E-state index is 13.1. The van der Waals surface area contributed by atoms with Gasteiger partial charge in [0.05, 0.1) is 11.1 Å². The van der Waals surface area contributed by atoms with Crippen molar-refractivity contribution in [1.82, 2.24) is 9.88 Å². The van der Waals surface area contributed by atoms with Crippen LogP contribution in [0.15, 0.2) is 28.7 Å². The van der Waals surface area contributed by atoms with Gasteiger partial charge >= 0.3 is 0 Å². The van der Waals surface area contributed by atoms with Crippen molar-refractivity contribution in [3.8, 4) is 0 Å². The predicted molar refractivity (Wildman–Crippen MR) is 96.5 cm³/mol. The van der Waals surface area contributed by atoms with Gasteiger partial charge in [-0.15, -0.1) is 0 Å². The number of aromatic nitrogens is 1. The van der Waals surface area contributed by atoms with Gasteiger partial charge in [-0.3, -0.25) is 9.78 Å². The molecule has 3 rings (SSSR count). The molecule has 2 atom stereocenters. The average Bonchev–Trinajstić information content (AvgIpc) is 2.53. The molecule has 23 heavy (non-hydrogen) atoms. The van der Waals surface area contributed by atoms with E-state index in [4.69, 9.17) is 5.73 Å². The van der Waals surface area contributed by atoms with Gasteiger partial charge in [0.2, 0.25) is 0 Å². The number of rotatable bonds is 2. The van der Waals surface area contributed by atoms with Crippen LogP contribution < -0.4 is 5.73 Å². The van der Waals surface area contributed by atoms with Crippen molar-refractivity contribution < 1.29 is 4.79 Å². The fourth-order valence-electron chi connectivity index (χ4n) is 3.30. The molecule has 1 aromatic carbocycles. The quantitative estimate of drug-likeness (QED) is 0.873. The number of benzene rings is 1. The molecule has 1 fully saturated rings. The first-order chi connectivity index (χ1) is 11.0. The number of nitrogens with zero attached hydrogens (tertiary/aromatic N) is 2. The van der Waals surface area contributed by atoms with Crippen molar-refractivity contribution in [1.29, 1.82) is 0 Å². The van der Waals surface area contributed by atoms with Crippen LogP contribution in [0, 0.1) is 12.8 Å². The van der Waals surface area contributed by atoms with E-state index >= 15 is 0 Å². The topological polar surface area (TPSA) is 59.2 Å². The molecule has 0 unspecified atom stereocenters. The van der Waals surface area contributed by atoms with E-state index in [0.29, 0.717) is 5.92 Å². The zero-order chi connectivity index (χ0) is 16.6. The summed E-state index contributed by atoms with van der Waals surface area (Å²) in [6.45, 7) is 5.51. The van der Waals surface area contributed by atoms with Crippen LogP contribution >= 0.6 is 15.9 Å². The van der Waals surface area contributed by atoms with Gasteiger partial charge in [0.1, 0.15) is 0 Å². The summed E-state index contributed by atoms with van der Waals surface area (Å²) in [4.78, 5) is 19.6. The molecule has 1 aromatic heterocycles. The summed E-state index contributed by atoms with van der Waals surface area (Å²) in [7, 11) is 0. The van der Waals surface area contributed by atoms with Gasteiger partial charge < -0.3 is 10.6 Å². The van der Waals surface area contributed by atoms with E-state index in [1.54, 1.807) is 0 Å². The molecule has 0 radical (unpaired) electrons. The minimum absolute atomic E-state index is 0.0909. The number of fused-ring (bicyclic) bond motifs is 1. The lowest BCUT2D eigenvalue weighted by atomic mass is 9.91. The first-order valence-electron chi connectivity index (χ1n) is 8.07. The first-order valence-corrected chi connectivity index (χ1v) is 8.87. The van der Waals surface area contributed by atoms with Crippen molar-refractivity contribution in [2.75, 3.05) is 13.1 Å². The van der Waals surface area contributed by atoms with E-state index in [9.17, 15) is 4.79 Å².